The third kappa shape index (κ3) is 2.34. The lowest BCUT2D eigenvalue weighted by molar-refractivity contribution is 0.0301. The van der Waals surface area contributed by atoms with E-state index in [1.807, 2.05) is 0 Å². The summed E-state index contributed by atoms with van der Waals surface area (Å²) in [6.07, 6.45) is 13.1. The predicted octanol–water partition coefficient (Wildman–Crippen LogP) is 3.17. The molecule has 2 nitrogen and oxygen atoms in total. The topological polar surface area (TPSA) is 15.3 Å². The Morgan fingerprint density at radius 2 is 1.72 bits per heavy atom. The third-order valence-electron chi connectivity index (χ3n) is 5.55. The molecule has 3 rings (SSSR count). The summed E-state index contributed by atoms with van der Waals surface area (Å²) < 4.78 is 0. The molecule has 0 aromatic carbocycles. The van der Waals surface area contributed by atoms with Gasteiger partial charge in [0.05, 0.1) is 0 Å². The highest BCUT2D eigenvalue weighted by Gasteiger charge is 2.50. The second-order valence-electron chi connectivity index (χ2n) is 6.73. The molecule has 1 atom stereocenters. The number of hydrogen-bond donors (Lipinski definition) is 1. The van der Waals surface area contributed by atoms with Crippen LogP contribution in [0.15, 0.2) is 0 Å². The summed E-state index contributed by atoms with van der Waals surface area (Å²) in [6, 6.07) is 0.795. The minimum absolute atomic E-state index is 0.539. The van der Waals surface area contributed by atoms with Gasteiger partial charge in [-0.15, -0.1) is 0 Å². The molecule has 2 aliphatic carbocycles. The monoisotopic (exact) mass is 250 g/mol. The van der Waals surface area contributed by atoms with E-state index in [9.17, 15) is 0 Å². The molecule has 0 aromatic heterocycles. The Labute approximate surface area is 113 Å². The van der Waals surface area contributed by atoms with Crippen LogP contribution in [-0.2, 0) is 0 Å². The van der Waals surface area contributed by atoms with Crippen molar-refractivity contribution >= 4 is 0 Å². The number of likely N-dealkylation sites (N-methyl/N-ethyl adjacent to an activating group) is 1. The molecule has 1 unspecified atom stereocenters. The van der Waals surface area contributed by atoms with Gasteiger partial charge in [0.15, 0.2) is 0 Å². The average molecular weight is 250 g/mol. The van der Waals surface area contributed by atoms with Gasteiger partial charge in [0, 0.05) is 11.6 Å². The van der Waals surface area contributed by atoms with Crippen molar-refractivity contribution in [3.05, 3.63) is 0 Å². The first-order chi connectivity index (χ1) is 8.87. The molecule has 0 spiro atoms. The van der Waals surface area contributed by atoms with E-state index in [-0.39, 0.29) is 0 Å². The molecule has 1 saturated heterocycles. The smallest absolute Gasteiger partial charge is 0.0365 e. The Morgan fingerprint density at radius 1 is 1.06 bits per heavy atom. The lowest BCUT2D eigenvalue weighted by Crippen LogP contribution is -2.62. The van der Waals surface area contributed by atoms with Gasteiger partial charge in [-0.05, 0) is 64.1 Å². The maximum Gasteiger partial charge on any atom is 0.0365 e. The van der Waals surface area contributed by atoms with Gasteiger partial charge in [0.2, 0.25) is 0 Å². The number of nitrogens with one attached hydrogen (secondary N) is 1. The summed E-state index contributed by atoms with van der Waals surface area (Å²) in [6.45, 7) is 6.17. The van der Waals surface area contributed by atoms with E-state index in [4.69, 9.17) is 0 Å². The molecule has 104 valence electrons. The van der Waals surface area contributed by atoms with Crippen LogP contribution < -0.4 is 5.32 Å². The summed E-state index contributed by atoms with van der Waals surface area (Å²) in [4.78, 5) is 2.90. The summed E-state index contributed by atoms with van der Waals surface area (Å²) in [5, 5.41) is 3.88. The molecular weight excluding hydrogens is 220 g/mol. The van der Waals surface area contributed by atoms with Gasteiger partial charge in [-0.2, -0.15) is 0 Å². The highest BCUT2D eigenvalue weighted by Crippen LogP contribution is 2.47. The van der Waals surface area contributed by atoms with E-state index >= 15 is 0 Å². The van der Waals surface area contributed by atoms with Crippen molar-refractivity contribution in [2.75, 3.05) is 19.6 Å². The largest absolute Gasteiger partial charge is 0.312 e. The predicted molar refractivity (Wildman–Crippen MR) is 76.8 cm³/mol. The summed E-state index contributed by atoms with van der Waals surface area (Å²) >= 11 is 0. The molecule has 0 aromatic rings. The maximum atomic E-state index is 3.88. The van der Waals surface area contributed by atoms with Crippen LogP contribution >= 0.6 is 0 Å². The van der Waals surface area contributed by atoms with Crippen LogP contribution in [0.2, 0.25) is 0 Å². The molecular formula is C16H30N2. The number of piperidine rings is 1. The van der Waals surface area contributed by atoms with E-state index < -0.39 is 0 Å². The molecule has 1 heterocycles. The van der Waals surface area contributed by atoms with E-state index in [0.717, 1.165) is 18.5 Å². The van der Waals surface area contributed by atoms with Crippen molar-refractivity contribution in [1.29, 1.82) is 0 Å². The van der Waals surface area contributed by atoms with Crippen LogP contribution in [0.25, 0.3) is 0 Å². The first kappa shape index (κ1) is 12.9. The zero-order valence-electron chi connectivity index (χ0n) is 12.1. The Balaban J connectivity index is 1.79. The minimum atomic E-state index is 0.539. The Morgan fingerprint density at radius 3 is 2.28 bits per heavy atom. The van der Waals surface area contributed by atoms with Crippen molar-refractivity contribution in [2.45, 2.75) is 76.3 Å². The number of nitrogens with zero attached hydrogens (tertiary/aromatic N) is 1. The van der Waals surface area contributed by atoms with Crippen molar-refractivity contribution in [3.63, 3.8) is 0 Å². The fourth-order valence-electron chi connectivity index (χ4n) is 4.60. The molecule has 1 N–H and O–H groups in total. The van der Waals surface area contributed by atoms with Crippen molar-refractivity contribution in [1.82, 2.24) is 10.2 Å². The SMILES string of the molecule is CCNC(C1CC1)C1(N2CCCCC2)CCCC1. The zero-order valence-corrected chi connectivity index (χ0v) is 12.1. The van der Waals surface area contributed by atoms with Gasteiger partial charge in [0.1, 0.15) is 0 Å². The standard InChI is InChI=1S/C16H30N2/c1-2-17-15(14-8-9-14)16(10-4-5-11-16)18-12-6-3-7-13-18/h14-15,17H,2-13H2,1H3. The van der Waals surface area contributed by atoms with Gasteiger partial charge >= 0.3 is 0 Å². The lowest BCUT2D eigenvalue weighted by atomic mass is 9.81. The molecule has 1 aliphatic heterocycles. The number of rotatable bonds is 5. The third-order valence-corrected chi connectivity index (χ3v) is 5.55. The molecule has 3 aliphatic rings. The normalized spacial score (nSPS) is 30.5. The van der Waals surface area contributed by atoms with Gasteiger partial charge in [-0.25, -0.2) is 0 Å². The second-order valence-corrected chi connectivity index (χ2v) is 6.73. The molecule has 3 fully saturated rings. The van der Waals surface area contributed by atoms with Crippen LogP contribution in [0.3, 0.4) is 0 Å². The van der Waals surface area contributed by atoms with Crippen molar-refractivity contribution in [2.24, 2.45) is 5.92 Å². The number of hydrogen-bond acceptors (Lipinski definition) is 2. The van der Waals surface area contributed by atoms with Crippen LogP contribution in [0.1, 0.15) is 64.7 Å². The Hall–Kier alpha value is -0.0800. The lowest BCUT2D eigenvalue weighted by Gasteiger charge is -2.49. The van der Waals surface area contributed by atoms with Gasteiger partial charge in [0.25, 0.3) is 0 Å². The fraction of sp³-hybridized carbons (Fsp3) is 1.00. The van der Waals surface area contributed by atoms with E-state index in [1.165, 1.54) is 70.9 Å². The molecule has 0 amide bonds. The quantitative estimate of drug-likeness (QED) is 0.806. The maximum absolute atomic E-state index is 3.88. The summed E-state index contributed by atoms with van der Waals surface area (Å²) in [5.74, 6) is 0.991. The highest BCUT2D eigenvalue weighted by atomic mass is 15.2. The van der Waals surface area contributed by atoms with E-state index in [1.54, 1.807) is 0 Å². The minimum Gasteiger partial charge on any atom is -0.312 e. The van der Waals surface area contributed by atoms with Crippen LogP contribution in [0.5, 0.6) is 0 Å². The Bertz CT molecular complexity index is 260. The van der Waals surface area contributed by atoms with E-state index in [0.29, 0.717) is 5.54 Å². The molecule has 18 heavy (non-hydrogen) atoms. The number of likely N-dealkylation sites (tertiary alicyclic amines) is 1. The summed E-state index contributed by atoms with van der Waals surface area (Å²) in [5.41, 5.74) is 0.539. The van der Waals surface area contributed by atoms with Gasteiger partial charge in [-0.1, -0.05) is 26.2 Å². The average Bonchev–Trinajstić information content (AvgIpc) is 3.14. The molecule has 2 saturated carbocycles. The van der Waals surface area contributed by atoms with Crippen molar-refractivity contribution < 1.29 is 0 Å². The van der Waals surface area contributed by atoms with Crippen LogP contribution in [-0.4, -0.2) is 36.1 Å². The second kappa shape index (κ2) is 5.50. The fourth-order valence-corrected chi connectivity index (χ4v) is 4.60. The zero-order chi connectivity index (χ0) is 12.4. The van der Waals surface area contributed by atoms with Gasteiger partial charge in [-0.3, -0.25) is 4.90 Å². The van der Waals surface area contributed by atoms with Crippen LogP contribution in [0.4, 0.5) is 0 Å². The van der Waals surface area contributed by atoms with Gasteiger partial charge < -0.3 is 5.32 Å². The molecule has 0 bridgehead atoms. The highest BCUT2D eigenvalue weighted by molar-refractivity contribution is 5.09. The van der Waals surface area contributed by atoms with Crippen molar-refractivity contribution in [3.8, 4) is 0 Å². The first-order valence-electron chi connectivity index (χ1n) is 8.35. The first-order valence-corrected chi connectivity index (χ1v) is 8.35. The molecule has 0 radical (unpaired) electrons. The molecule has 2 heteroatoms. The van der Waals surface area contributed by atoms with Crippen LogP contribution in [0, 0.1) is 5.92 Å². The summed E-state index contributed by atoms with van der Waals surface area (Å²) in [7, 11) is 0. The van der Waals surface area contributed by atoms with E-state index in [2.05, 4.69) is 17.1 Å². The Kier molecular flexibility index (Phi) is 3.95.